The van der Waals surface area contributed by atoms with E-state index < -0.39 is 7.32 Å². The van der Waals surface area contributed by atoms with Gasteiger partial charge in [0.1, 0.15) is 0 Å². The topological polar surface area (TPSA) is 115 Å². The van der Waals surface area contributed by atoms with Crippen LogP contribution in [0, 0.1) is 0 Å². The minimum absolute atomic E-state index is 0.0972. The van der Waals surface area contributed by atoms with E-state index in [0.717, 1.165) is 0 Å². The van der Waals surface area contributed by atoms with Gasteiger partial charge in [-0.3, -0.25) is 7.32 Å². The molecule has 0 unspecified atom stereocenters. The van der Waals surface area contributed by atoms with E-state index in [1.54, 1.807) is 0 Å². The molecule has 0 spiro atoms. The second kappa shape index (κ2) is 9.98. The first kappa shape index (κ1) is 10.8. The van der Waals surface area contributed by atoms with Crippen LogP contribution < -0.4 is 20.8 Å². The first-order valence-corrected chi connectivity index (χ1v) is 1.93. The molecule has 0 aromatic rings. The number of nitrogens with two attached hydrogens (primary N) is 1. The molecule has 0 aliphatic carbocycles. The van der Waals surface area contributed by atoms with E-state index in [0.29, 0.717) is 6.54 Å². The van der Waals surface area contributed by atoms with Gasteiger partial charge in [0.25, 0.3) is 0 Å². The fraction of sp³-hybridized carbons (Fsp3) is 1.00. The monoisotopic (exact) mass is 120 g/mol. The summed E-state index contributed by atoms with van der Waals surface area (Å²) in [6.07, 6.45) is 0. The van der Waals surface area contributed by atoms with Crippen molar-refractivity contribution in [3.8, 4) is 0 Å². The van der Waals surface area contributed by atoms with Crippen molar-refractivity contribution in [1.82, 2.24) is 0 Å². The lowest BCUT2D eigenvalue weighted by atomic mass is 10.3. The van der Waals surface area contributed by atoms with Crippen molar-refractivity contribution >= 4 is 7.32 Å². The van der Waals surface area contributed by atoms with E-state index in [2.05, 4.69) is 0 Å². The fourth-order valence-electron chi connectivity index (χ4n) is 0. The van der Waals surface area contributed by atoms with Crippen molar-refractivity contribution in [2.45, 2.75) is 0 Å². The van der Waals surface area contributed by atoms with E-state index in [-0.39, 0.29) is 6.61 Å². The van der Waals surface area contributed by atoms with Gasteiger partial charge in [0.15, 0.2) is 0 Å². The summed E-state index contributed by atoms with van der Waals surface area (Å²) in [4.78, 5) is 0. The van der Waals surface area contributed by atoms with Gasteiger partial charge in [-0.25, -0.2) is 0 Å². The number of rotatable bonds is 1. The second-order valence-electron chi connectivity index (χ2n) is 0.801. The Morgan fingerprint density at radius 2 is 1.50 bits per heavy atom. The lowest BCUT2D eigenvalue weighted by Gasteiger charge is -2.35. The van der Waals surface area contributed by atoms with Crippen molar-refractivity contribution < 1.29 is 20.2 Å². The number of hydrogen-bond donors (Lipinski definition) is 2. The Morgan fingerprint density at radius 1 is 1.38 bits per heavy atom. The predicted molar refractivity (Wildman–Crippen MR) is 21.9 cm³/mol. The van der Waals surface area contributed by atoms with Gasteiger partial charge in [-0.2, -0.15) is 0 Å². The van der Waals surface area contributed by atoms with Crippen LogP contribution in [0.4, 0.5) is 0 Å². The van der Waals surface area contributed by atoms with Crippen LogP contribution in [0.3, 0.4) is 0 Å². The zero-order valence-electron chi connectivity index (χ0n) is 4.24. The Balaban J connectivity index is 0. The summed E-state index contributed by atoms with van der Waals surface area (Å²) in [6, 6.07) is 0. The summed E-state index contributed by atoms with van der Waals surface area (Å²) < 4.78 is 0. The lowest BCUT2D eigenvalue weighted by molar-refractivity contribution is -0.479. The molecule has 0 aromatic heterocycles. The maximum Gasteiger partial charge on any atom is 0.0553 e. The predicted octanol–water partition coefficient (Wildman–Crippen LogP) is -5.01. The summed E-state index contributed by atoms with van der Waals surface area (Å²) in [5.41, 5.74) is 4.78. The molecule has 0 aliphatic heterocycles. The third-order valence-electron chi connectivity index (χ3n) is 0.129. The molecule has 6 heteroatoms. The maximum atomic E-state index is 8.42. The molecule has 0 atom stereocenters. The number of aliphatic hydroxyl groups excluding tert-OH is 1. The Bertz CT molecular complexity index is 30.5. The molecular weight excluding hydrogens is 113 g/mol. The van der Waals surface area contributed by atoms with Gasteiger partial charge in [-0.15, -0.1) is 0 Å². The minimum atomic E-state index is -2.92. The van der Waals surface area contributed by atoms with Gasteiger partial charge < -0.3 is 25.9 Å². The Kier molecular flexibility index (Phi) is 13.4. The van der Waals surface area contributed by atoms with Crippen LogP contribution >= 0.6 is 0 Å². The third kappa shape index (κ3) is 186. The first-order valence-electron chi connectivity index (χ1n) is 1.93. The second-order valence-corrected chi connectivity index (χ2v) is 0.801. The van der Waals surface area contributed by atoms with Crippen LogP contribution in [-0.2, 0) is 0 Å². The molecule has 0 fully saturated rings. The summed E-state index contributed by atoms with van der Waals surface area (Å²) in [5, 5.41) is 33.0. The van der Waals surface area contributed by atoms with Crippen molar-refractivity contribution in [1.29, 1.82) is 0 Å². The van der Waals surface area contributed by atoms with E-state index in [1.807, 2.05) is 0 Å². The van der Waals surface area contributed by atoms with Crippen molar-refractivity contribution in [3.05, 3.63) is 0 Å². The highest BCUT2D eigenvalue weighted by Gasteiger charge is 1.56. The molecule has 0 amide bonds. The van der Waals surface area contributed by atoms with Crippen LogP contribution in [0.5, 0.6) is 0 Å². The third-order valence-corrected chi connectivity index (χ3v) is 0.129. The zero-order valence-corrected chi connectivity index (χ0v) is 4.24. The van der Waals surface area contributed by atoms with Crippen LogP contribution in [0.25, 0.3) is 0 Å². The molecule has 0 saturated heterocycles. The van der Waals surface area contributed by atoms with Crippen LogP contribution in [0.2, 0.25) is 0 Å². The largest absolute Gasteiger partial charge is 0.907 e. The number of aliphatic hydroxyl groups is 1. The zero-order chi connectivity index (χ0) is 6.99. The van der Waals surface area contributed by atoms with Crippen LogP contribution in [0.15, 0.2) is 0 Å². The maximum absolute atomic E-state index is 8.42. The van der Waals surface area contributed by atoms with E-state index in [4.69, 9.17) is 25.9 Å². The smallest absolute Gasteiger partial charge is 0.0553 e. The molecule has 0 heterocycles. The first-order chi connectivity index (χ1) is 3.65. The van der Waals surface area contributed by atoms with Gasteiger partial charge >= 0.3 is 0 Å². The van der Waals surface area contributed by atoms with Gasteiger partial charge in [-0.1, -0.05) is 0 Å². The standard InChI is InChI=1S/C2H7NO.BO3/c3-1-2-4;2-1(3)4/h4H,1-3H2;/q;-3. The highest BCUT2D eigenvalue weighted by atomic mass is 16.5. The molecule has 8 heavy (non-hydrogen) atoms. The van der Waals surface area contributed by atoms with Crippen LogP contribution in [0.1, 0.15) is 0 Å². The van der Waals surface area contributed by atoms with Crippen molar-refractivity contribution in [2.75, 3.05) is 13.2 Å². The molecule has 5 nitrogen and oxygen atoms in total. The SMILES string of the molecule is NCCO.[O-]B([O-])[O-]. The van der Waals surface area contributed by atoms with Gasteiger partial charge in [-0.05, 0) is 0 Å². The van der Waals surface area contributed by atoms with Crippen molar-refractivity contribution in [3.63, 3.8) is 0 Å². The molecule has 0 bridgehead atoms. The minimum Gasteiger partial charge on any atom is -0.907 e. The molecule has 3 N–H and O–H groups in total. The average Bonchev–Trinajstić information content (AvgIpc) is 1.65. The van der Waals surface area contributed by atoms with E-state index >= 15 is 0 Å². The van der Waals surface area contributed by atoms with Gasteiger partial charge in [0.2, 0.25) is 0 Å². The van der Waals surface area contributed by atoms with Crippen molar-refractivity contribution in [2.24, 2.45) is 5.73 Å². The average molecular weight is 120 g/mol. The summed E-state index contributed by atoms with van der Waals surface area (Å²) in [6.45, 7) is 0.472. The van der Waals surface area contributed by atoms with Crippen LogP contribution in [-0.4, -0.2) is 25.6 Å². The lowest BCUT2D eigenvalue weighted by Crippen LogP contribution is -2.56. The molecule has 0 aliphatic rings. The van der Waals surface area contributed by atoms with Gasteiger partial charge in [0.05, 0.1) is 6.61 Å². The fourth-order valence-corrected chi connectivity index (χ4v) is 0. The Morgan fingerprint density at radius 3 is 1.50 bits per heavy atom. The molecule has 0 aromatic carbocycles. The molecule has 0 radical (unpaired) electrons. The summed E-state index contributed by atoms with van der Waals surface area (Å²) in [5.74, 6) is 0. The molecule has 0 saturated carbocycles. The summed E-state index contributed by atoms with van der Waals surface area (Å²) in [7, 11) is -2.92. The summed E-state index contributed by atoms with van der Waals surface area (Å²) >= 11 is 0. The normalized spacial score (nSPS) is 7.12. The van der Waals surface area contributed by atoms with E-state index in [1.165, 1.54) is 0 Å². The quantitative estimate of drug-likeness (QED) is 0.336. The van der Waals surface area contributed by atoms with E-state index in [9.17, 15) is 0 Å². The Hall–Kier alpha value is -0.135. The van der Waals surface area contributed by atoms with Gasteiger partial charge in [0, 0.05) is 6.54 Å². The Labute approximate surface area is 47.6 Å². The molecule has 0 rings (SSSR count). The number of hydrogen-bond acceptors (Lipinski definition) is 5. The highest BCUT2D eigenvalue weighted by Crippen LogP contribution is 1.33. The highest BCUT2D eigenvalue weighted by molar-refractivity contribution is 6.24. The molecular formula is C2H7BNO4-3. The molecule has 50 valence electrons.